The molecule has 0 saturated carbocycles. The van der Waals surface area contributed by atoms with Crippen LogP contribution in [0.15, 0.2) is 0 Å². The van der Waals surface area contributed by atoms with E-state index in [0.29, 0.717) is 6.10 Å². The molecule has 0 aromatic carbocycles. The molecule has 1 saturated heterocycles. The Hall–Kier alpha value is 0.137. The fourth-order valence-corrected chi connectivity index (χ4v) is 3.65. The van der Waals surface area contributed by atoms with Crippen molar-refractivity contribution < 1.29 is 4.74 Å². The lowest BCUT2D eigenvalue weighted by Gasteiger charge is -2.35. The Morgan fingerprint density at radius 3 is 2.50 bits per heavy atom. The van der Waals surface area contributed by atoms with Crippen LogP contribution in [0.4, 0.5) is 0 Å². The predicted octanol–water partition coefficient (Wildman–Crippen LogP) is 2.71. The van der Waals surface area contributed by atoms with Gasteiger partial charge in [-0.15, -0.1) is 0 Å². The van der Waals surface area contributed by atoms with Gasteiger partial charge in [0.05, 0.1) is 6.10 Å². The smallest absolute Gasteiger partial charge is 0.119 e. The summed E-state index contributed by atoms with van der Waals surface area (Å²) >= 11 is 0. The standard InChI is InChI=1S/C11H25NOSi/c1-5-8-12(14(2,3)4)10-11-7-6-9-13-11/h11H,5-10H2,1-4H3. The van der Waals surface area contributed by atoms with Crippen molar-refractivity contribution in [2.75, 3.05) is 19.7 Å². The summed E-state index contributed by atoms with van der Waals surface area (Å²) in [7, 11) is -1.12. The van der Waals surface area contributed by atoms with Crippen molar-refractivity contribution in [3.8, 4) is 0 Å². The minimum Gasteiger partial charge on any atom is -0.377 e. The molecule has 0 aromatic heterocycles. The highest BCUT2D eigenvalue weighted by atomic mass is 28.3. The van der Waals surface area contributed by atoms with Crippen LogP contribution in [0.25, 0.3) is 0 Å². The van der Waals surface area contributed by atoms with Gasteiger partial charge in [0.15, 0.2) is 0 Å². The van der Waals surface area contributed by atoms with Gasteiger partial charge in [0, 0.05) is 13.2 Å². The monoisotopic (exact) mass is 215 g/mol. The first-order valence-electron chi connectivity index (χ1n) is 5.90. The zero-order valence-electron chi connectivity index (χ0n) is 10.2. The first-order chi connectivity index (χ1) is 6.54. The summed E-state index contributed by atoms with van der Waals surface area (Å²) in [6, 6.07) is 0. The molecule has 0 aliphatic carbocycles. The molecule has 0 spiro atoms. The molecule has 84 valence electrons. The Balaban J connectivity index is 2.41. The van der Waals surface area contributed by atoms with E-state index in [2.05, 4.69) is 31.1 Å². The lowest BCUT2D eigenvalue weighted by molar-refractivity contribution is 0.0919. The van der Waals surface area contributed by atoms with E-state index in [-0.39, 0.29) is 0 Å². The van der Waals surface area contributed by atoms with E-state index in [9.17, 15) is 0 Å². The van der Waals surface area contributed by atoms with Crippen LogP contribution < -0.4 is 0 Å². The third kappa shape index (κ3) is 3.71. The number of nitrogens with zero attached hydrogens (tertiary/aromatic N) is 1. The molecule has 1 aliphatic heterocycles. The molecule has 0 N–H and O–H groups in total. The molecule has 1 unspecified atom stereocenters. The van der Waals surface area contributed by atoms with Crippen molar-refractivity contribution in [3.63, 3.8) is 0 Å². The van der Waals surface area contributed by atoms with Crippen molar-refractivity contribution in [3.05, 3.63) is 0 Å². The maximum atomic E-state index is 5.71. The summed E-state index contributed by atoms with van der Waals surface area (Å²) in [5.74, 6) is 0. The van der Waals surface area contributed by atoms with Crippen LogP contribution in [0.5, 0.6) is 0 Å². The maximum absolute atomic E-state index is 5.71. The van der Waals surface area contributed by atoms with Crippen molar-refractivity contribution in [1.82, 2.24) is 4.57 Å². The van der Waals surface area contributed by atoms with Gasteiger partial charge in [0.1, 0.15) is 8.24 Å². The average Bonchev–Trinajstić information content (AvgIpc) is 2.54. The Labute approximate surface area is 89.7 Å². The number of hydrogen-bond donors (Lipinski definition) is 0. The summed E-state index contributed by atoms with van der Waals surface area (Å²) in [5.41, 5.74) is 0. The zero-order chi connectivity index (χ0) is 10.6. The summed E-state index contributed by atoms with van der Waals surface area (Å²) in [4.78, 5) is 0. The normalized spacial score (nSPS) is 23.4. The minimum atomic E-state index is -1.12. The van der Waals surface area contributed by atoms with Gasteiger partial charge in [-0.1, -0.05) is 26.6 Å². The fourth-order valence-electron chi connectivity index (χ4n) is 2.00. The summed E-state index contributed by atoms with van der Waals surface area (Å²) in [5, 5.41) is 0. The van der Waals surface area contributed by atoms with E-state index in [0.717, 1.165) is 6.61 Å². The summed E-state index contributed by atoms with van der Waals surface area (Å²) in [6.45, 7) is 12.9. The van der Waals surface area contributed by atoms with Crippen LogP contribution in [0.3, 0.4) is 0 Å². The molecule has 0 amide bonds. The van der Waals surface area contributed by atoms with Gasteiger partial charge in [-0.3, -0.25) is 0 Å². The molecule has 1 aliphatic rings. The zero-order valence-corrected chi connectivity index (χ0v) is 11.2. The van der Waals surface area contributed by atoms with Gasteiger partial charge in [-0.2, -0.15) is 0 Å². The van der Waals surface area contributed by atoms with Crippen LogP contribution >= 0.6 is 0 Å². The van der Waals surface area contributed by atoms with Crippen molar-refractivity contribution in [2.24, 2.45) is 0 Å². The highest BCUT2D eigenvalue weighted by Gasteiger charge is 2.27. The molecule has 2 nitrogen and oxygen atoms in total. The predicted molar refractivity (Wildman–Crippen MR) is 64.2 cm³/mol. The fraction of sp³-hybridized carbons (Fsp3) is 1.00. The van der Waals surface area contributed by atoms with Crippen LogP contribution in [-0.2, 0) is 4.74 Å². The van der Waals surface area contributed by atoms with Gasteiger partial charge < -0.3 is 9.30 Å². The van der Waals surface area contributed by atoms with Crippen LogP contribution in [-0.4, -0.2) is 38.6 Å². The first kappa shape index (κ1) is 12.2. The minimum absolute atomic E-state index is 0.522. The number of ether oxygens (including phenoxy) is 1. The number of hydrogen-bond acceptors (Lipinski definition) is 2. The van der Waals surface area contributed by atoms with Crippen LogP contribution in [0.1, 0.15) is 26.2 Å². The highest BCUT2D eigenvalue weighted by Crippen LogP contribution is 2.17. The van der Waals surface area contributed by atoms with Gasteiger partial charge >= 0.3 is 0 Å². The molecule has 0 aromatic rings. The number of rotatable bonds is 5. The lowest BCUT2D eigenvalue weighted by atomic mass is 10.2. The van der Waals surface area contributed by atoms with E-state index >= 15 is 0 Å². The third-order valence-corrected chi connectivity index (χ3v) is 5.19. The van der Waals surface area contributed by atoms with Gasteiger partial charge in [-0.05, 0) is 25.8 Å². The Morgan fingerprint density at radius 2 is 2.07 bits per heavy atom. The van der Waals surface area contributed by atoms with Gasteiger partial charge in [-0.25, -0.2) is 0 Å². The van der Waals surface area contributed by atoms with E-state index in [1.54, 1.807) is 0 Å². The molecule has 1 fully saturated rings. The molecule has 0 radical (unpaired) electrons. The molecule has 1 atom stereocenters. The lowest BCUT2D eigenvalue weighted by Crippen LogP contribution is -2.49. The summed E-state index contributed by atoms with van der Waals surface area (Å²) < 4.78 is 8.39. The summed E-state index contributed by atoms with van der Waals surface area (Å²) in [6.07, 6.45) is 4.31. The second-order valence-electron chi connectivity index (χ2n) is 5.25. The Kier molecular flexibility index (Phi) is 4.61. The molecule has 1 rings (SSSR count). The van der Waals surface area contributed by atoms with E-state index < -0.39 is 8.24 Å². The molecule has 0 bridgehead atoms. The molecule has 14 heavy (non-hydrogen) atoms. The van der Waals surface area contributed by atoms with Crippen LogP contribution in [0.2, 0.25) is 19.6 Å². The second-order valence-corrected chi connectivity index (χ2v) is 10.2. The largest absolute Gasteiger partial charge is 0.377 e. The van der Waals surface area contributed by atoms with Gasteiger partial charge in [0.25, 0.3) is 0 Å². The van der Waals surface area contributed by atoms with E-state index in [1.165, 1.54) is 32.4 Å². The van der Waals surface area contributed by atoms with Crippen molar-refractivity contribution in [1.29, 1.82) is 0 Å². The van der Waals surface area contributed by atoms with E-state index in [4.69, 9.17) is 4.74 Å². The topological polar surface area (TPSA) is 12.5 Å². The molecule has 3 heteroatoms. The SMILES string of the molecule is CCCN(CC1CCCO1)[Si](C)(C)C. The Morgan fingerprint density at radius 1 is 1.36 bits per heavy atom. The molecule has 1 heterocycles. The van der Waals surface area contributed by atoms with Crippen molar-refractivity contribution >= 4 is 8.24 Å². The average molecular weight is 215 g/mol. The third-order valence-electron chi connectivity index (χ3n) is 2.89. The highest BCUT2D eigenvalue weighted by molar-refractivity contribution is 6.73. The van der Waals surface area contributed by atoms with Gasteiger partial charge in [0.2, 0.25) is 0 Å². The van der Waals surface area contributed by atoms with E-state index in [1.807, 2.05) is 0 Å². The second kappa shape index (κ2) is 5.28. The quantitative estimate of drug-likeness (QED) is 0.654. The van der Waals surface area contributed by atoms with Crippen molar-refractivity contribution in [2.45, 2.75) is 51.9 Å². The first-order valence-corrected chi connectivity index (χ1v) is 9.35. The molecular weight excluding hydrogens is 190 g/mol. The molecular formula is C11H25NOSi. The van der Waals surface area contributed by atoms with Crippen LogP contribution in [0, 0.1) is 0 Å². The maximum Gasteiger partial charge on any atom is 0.119 e. The Bertz CT molecular complexity index is 161.